The van der Waals surface area contributed by atoms with Gasteiger partial charge in [-0.25, -0.2) is 0 Å². The van der Waals surface area contributed by atoms with E-state index in [-0.39, 0.29) is 5.78 Å². The van der Waals surface area contributed by atoms with Crippen molar-refractivity contribution >= 4 is 23.4 Å². The number of thiocarbonyl (C=S) groups is 1. The summed E-state index contributed by atoms with van der Waals surface area (Å²) in [4.78, 5) is 12.3. The zero-order chi connectivity index (χ0) is 14.5. The maximum Gasteiger partial charge on any atom is 0.163 e. The third-order valence-corrected chi connectivity index (χ3v) is 3.72. The molecule has 0 fully saturated rings. The molecule has 0 atom stereocenters. The number of ketones is 1. The van der Waals surface area contributed by atoms with E-state index in [1.165, 1.54) is 5.56 Å². The molecule has 0 aliphatic carbocycles. The van der Waals surface area contributed by atoms with Gasteiger partial charge in [0.2, 0.25) is 0 Å². The molecule has 1 nitrogen and oxygen atoms in total. The Labute approximate surface area is 125 Å². The smallest absolute Gasteiger partial charge is 0.163 e. The molecule has 20 heavy (non-hydrogen) atoms. The highest BCUT2D eigenvalue weighted by molar-refractivity contribution is 7.79. The molecule has 2 aromatic rings. The highest BCUT2D eigenvalue weighted by atomic mass is 32.1. The predicted molar refractivity (Wildman–Crippen MR) is 87.8 cm³/mol. The molecule has 2 heteroatoms. The van der Waals surface area contributed by atoms with Crippen molar-refractivity contribution in [1.29, 1.82) is 0 Å². The van der Waals surface area contributed by atoms with Crippen molar-refractivity contribution in [3.05, 3.63) is 70.3 Å². The van der Waals surface area contributed by atoms with Crippen molar-refractivity contribution < 1.29 is 4.79 Å². The minimum Gasteiger partial charge on any atom is -0.294 e. The molecule has 0 radical (unpaired) electrons. The third kappa shape index (κ3) is 3.61. The topological polar surface area (TPSA) is 17.1 Å². The number of Topliss-reactive ketones (excluding diaryl/α,β-unsaturated/α-hetero) is 1. The van der Waals surface area contributed by atoms with Gasteiger partial charge in [0.1, 0.15) is 0 Å². The van der Waals surface area contributed by atoms with E-state index in [0.29, 0.717) is 6.42 Å². The number of benzene rings is 2. The van der Waals surface area contributed by atoms with Crippen LogP contribution in [0.4, 0.5) is 0 Å². The molecule has 0 unspecified atom stereocenters. The second-order valence-corrected chi connectivity index (χ2v) is 5.34. The maximum atomic E-state index is 12.3. The number of aryl methyl sites for hydroxylation is 3. The van der Waals surface area contributed by atoms with Crippen molar-refractivity contribution in [2.45, 2.75) is 26.7 Å². The van der Waals surface area contributed by atoms with Crippen LogP contribution in [0.2, 0.25) is 0 Å². The summed E-state index contributed by atoms with van der Waals surface area (Å²) in [6, 6.07) is 14.1. The van der Waals surface area contributed by atoms with Gasteiger partial charge in [0.15, 0.2) is 5.78 Å². The van der Waals surface area contributed by atoms with E-state index in [4.69, 9.17) is 12.2 Å². The van der Waals surface area contributed by atoms with Gasteiger partial charge >= 0.3 is 0 Å². The molecule has 0 saturated carbocycles. The SMILES string of the molecule is Cc1ccc(C)c(C(=O)CCc2ccc(C=S)cc2)c1. The standard InChI is InChI=1S/C18H18OS/c1-13-3-4-14(2)17(11-13)18(19)10-9-15-5-7-16(12-20)8-6-15/h3-8,11-12H,9-10H2,1-2H3. The Hall–Kier alpha value is -1.80. The van der Waals surface area contributed by atoms with Crippen LogP contribution in [0.5, 0.6) is 0 Å². The highest BCUT2D eigenvalue weighted by Gasteiger charge is 2.09. The molecule has 0 bridgehead atoms. The molecule has 0 saturated heterocycles. The summed E-state index contributed by atoms with van der Waals surface area (Å²) in [6.07, 6.45) is 1.31. The minimum absolute atomic E-state index is 0.213. The fourth-order valence-corrected chi connectivity index (χ4v) is 2.35. The zero-order valence-electron chi connectivity index (χ0n) is 11.8. The lowest BCUT2D eigenvalue weighted by atomic mass is 9.97. The molecule has 0 aliphatic heterocycles. The van der Waals surface area contributed by atoms with Crippen molar-refractivity contribution in [2.75, 3.05) is 0 Å². The van der Waals surface area contributed by atoms with Crippen LogP contribution in [0.3, 0.4) is 0 Å². The molecule has 0 amide bonds. The Morgan fingerprint density at radius 2 is 1.80 bits per heavy atom. The Bertz CT molecular complexity index is 626. The molecule has 0 spiro atoms. The molecule has 0 heterocycles. The first-order chi connectivity index (χ1) is 9.60. The molecule has 102 valence electrons. The van der Waals surface area contributed by atoms with Crippen LogP contribution < -0.4 is 0 Å². The van der Waals surface area contributed by atoms with Crippen molar-refractivity contribution in [3.63, 3.8) is 0 Å². The van der Waals surface area contributed by atoms with Crippen LogP contribution in [0.1, 0.15) is 39.0 Å². The van der Waals surface area contributed by atoms with E-state index in [1.54, 1.807) is 5.37 Å². The van der Waals surface area contributed by atoms with Gasteiger partial charge in [-0.2, -0.15) is 0 Å². The van der Waals surface area contributed by atoms with Crippen LogP contribution in [0.15, 0.2) is 42.5 Å². The van der Waals surface area contributed by atoms with Gasteiger partial charge in [0.25, 0.3) is 0 Å². The summed E-state index contributed by atoms with van der Waals surface area (Å²) >= 11 is 4.88. The first kappa shape index (κ1) is 14.6. The van der Waals surface area contributed by atoms with E-state index in [0.717, 1.165) is 28.7 Å². The van der Waals surface area contributed by atoms with Gasteiger partial charge in [-0.1, -0.05) is 54.2 Å². The van der Waals surface area contributed by atoms with Gasteiger partial charge in [-0.3, -0.25) is 4.79 Å². The Kier molecular flexibility index (Phi) is 4.80. The molecule has 0 N–H and O–H groups in total. The quantitative estimate of drug-likeness (QED) is 0.594. The Morgan fingerprint density at radius 3 is 2.45 bits per heavy atom. The van der Waals surface area contributed by atoms with Crippen LogP contribution in [0.25, 0.3) is 0 Å². The summed E-state index contributed by atoms with van der Waals surface area (Å²) in [7, 11) is 0. The van der Waals surface area contributed by atoms with Gasteiger partial charge in [-0.05, 0) is 43.0 Å². The van der Waals surface area contributed by atoms with E-state index >= 15 is 0 Å². The summed E-state index contributed by atoms with van der Waals surface area (Å²) < 4.78 is 0. The first-order valence-electron chi connectivity index (χ1n) is 6.75. The summed E-state index contributed by atoms with van der Waals surface area (Å²) in [5.74, 6) is 0.213. The summed E-state index contributed by atoms with van der Waals surface area (Å²) in [5, 5.41) is 1.66. The molecule has 0 aliphatic rings. The average Bonchev–Trinajstić information content (AvgIpc) is 2.47. The number of hydrogen-bond acceptors (Lipinski definition) is 2. The average molecular weight is 282 g/mol. The third-order valence-electron chi connectivity index (χ3n) is 3.45. The number of carbonyl (C=O) groups is 1. The van der Waals surface area contributed by atoms with E-state index in [1.807, 2.05) is 56.3 Å². The largest absolute Gasteiger partial charge is 0.294 e. The van der Waals surface area contributed by atoms with E-state index in [9.17, 15) is 4.79 Å². The zero-order valence-corrected chi connectivity index (χ0v) is 12.7. The van der Waals surface area contributed by atoms with E-state index in [2.05, 4.69) is 0 Å². The Balaban J connectivity index is 2.04. The van der Waals surface area contributed by atoms with Crippen LogP contribution in [-0.2, 0) is 6.42 Å². The van der Waals surface area contributed by atoms with Gasteiger partial charge in [-0.15, -0.1) is 0 Å². The summed E-state index contributed by atoms with van der Waals surface area (Å²) in [5.41, 5.74) is 5.23. The minimum atomic E-state index is 0.213. The molecular formula is C18H18OS. The van der Waals surface area contributed by atoms with Crippen LogP contribution in [0, 0.1) is 13.8 Å². The van der Waals surface area contributed by atoms with Crippen LogP contribution >= 0.6 is 12.2 Å². The number of hydrogen-bond donors (Lipinski definition) is 0. The lowest BCUT2D eigenvalue weighted by molar-refractivity contribution is 0.0982. The highest BCUT2D eigenvalue weighted by Crippen LogP contribution is 2.15. The van der Waals surface area contributed by atoms with Gasteiger partial charge in [0.05, 0.1) is 0 Å². The fraction of sp³-hybridized carbons (Fsp3) is 0.222. The lowest BCUT2D eigenvalue weighted by Crippen LogP contribution is -2.04. The lowest BCUT2D eigenvalue weighted by Gasteiger charge is -2.06. The van der Waals surface area contributed by atoms with Crippen molar-refractivity contribution in [3.8, 4) is 0 Å². The maximum absolute atomic E-state index is 12.3. The van der Waals surface area contributed by atoms with Crippen LogP contribution in [-0.4, -0.2) is 11.2 Å². The molecule has 2 aromatic carbocycles. The second-order valence-electron chi connectivity index (χ2n) is 5.10. The summed E-state index contributed by atoms with van der Waals surface area (Å²) in [6.45, 7) is 4.00. The fourth-order valence-electron chi connectivity index (χ4n) is 2.19. The number of rotatable bonds is 5. The van der Waals surface area contributed by atoms with Gasteiger partial charge in [0, 0.05) is 17.4 Å². The molecular weight excluding hydrogens is 264 g/mol. The second kappa shape index (κ2) is 6.58. The normalized spacial score (nSPS) is 10.3. The number of carbonyl (C=O) groups excluding carboxylic acids is 1. The molecule has 2 rings (SSSR count). The first-order valence-corrected chi connectivity index (χ1v) is 7.22. The van der Waals surface area contributed by atoms with Gasteiger partial charge < -0.3 is 0 Å². The molecule has 0 aromatic heterocycles. The monoisotopic (exact) mass is 282 g/mol. The predicted octanol–water partition coefficient (Wildman–Crippen LogP) is 4.47. The van der Waals surface area contributed by atoms with Crippen molar-refractivity contribution in [2.24, 2.45) is 0 Å². The van der Waals surface area contributed by atoms with E-state index < -0.39 is 0 Å². The van der Waals surface area contributed by atoms with Crippen molar-refractivity contribution in [1.82, 2.24) is 0 Å². The Morgan fingerprint density at radius 1 is 1.10 bits per heavy atom.